The van der Waals surface area contributed by atoms with Gasteiger partial charge in [0, 0.05) is 64.6 Å². The van der Waals surface area contributed by atoms with Gasteiger partial charge in [-0.3, -0.25) is 4.79 Å². The van der Waals surface area contributed by atoms with Crippen LogP contribution >= 0.6 is 0 Å². The molecule has 0 N–H and O–H groups in total. The monoisotopic (exact) mass is 380 g/mol. The van der Waals surface area contributed by atoms with Gasteiger partial charge in [-0.1, -0.05) is 13.8 Å². The lowest BCUT2D eigenvalue weighted by Crippen LogP contribution is -2.53. The minimum absolute atomic E-state index is 0.178. The molecule has 3 rings (SSSR count). The molecule has 1 atom stereocenters. The summed E-state index contributed by atoms with van der Waals surface area (Å²) < 4.78 is 5.78. The maximum absolute atomic E-state index is 12.8. The first-order chi connectivity index (χ1) is 12.8. The van der Waals surface area contributed by atoms with Crippen molar-refractivity contribution in [3.05, 3.63) is 0 Å². The fourth-order valence-corrected chi connectivity index (χ4v) is 4.36. The van der Waals surface area contributed by atoms with Gasteiger partial charge in [-0.05, 0) is 26.4 Å². The average molecular weight is 381 g/mol. The van der Waals surface area contributed by atoms with Gasteiger partial charge in [0.05, 0.1) is 6.54 Å². The van der Waals surface area contributed by atoms with Crippen molar-refractivity contribution in [3.63, 3.8) is 0 Å². The molecule has 3 aliphatic heterocycles. The second-order valence-electron chi connectivity index (χ2n) is 9.14. The molecule has 154 valence electrons. The number of carbonyl (C=O) groups excluding carboxylic acids is 2. The first-order valence-corrected chi connectivity index (χ1v) is 10.4. The van der Waals surface area contributed by atoms with Gasteiger partial charge in [0.1, 0.15) is 5.60 Å². The predicted octanol–water partition coefficient (Wildman–Crippen LogP) is 1.48. The van der Waals surface area contributed by atoms with Crippen LogP contribution in [0.25, 0.3) is 0 Å². The molecule has 7 nitrogen and oxygen atoms in total. The Balaban J connectivity index is 1.48. The van der Waals surface area contributed by atoms with Crippen molar-refractivity contribution >= 4 is 12.0 Å². The summed E-state index contributed by atoms with van der Waals surface area (Å²) in [5.41, 5.74) is -0.382. The quantitative estimate of drug-likeness (QED) is 0.723. The molecule has 27 heavy (non-hydrogen) atoms. The van der Waals surface area contributed by atoms with Crippen molar-refractivity contribution in [1.82, 2.24) is 19.6 Å². The summed E-state index contributed by atoms with van der Waals surface area (Å²) in [5, 5.41) is 0. The second kappa shape index (κ2) is 8.35. The van der Waals surface area contributed by atoms with E-state index in [0.29, 0.717) is 38.0 Å². The molecule has 0 aromatic rings. The zero-order chi connectivity index (χ0) is 19.6. The summed E-state index contributed by atoms with van der Waals surface area (Å²) in [6.45, 7) is 10.2. The van der Waals surface area contributed by atoms with Crippen LogP contribution in [0.5, 0.6) is 0 Å². The average Bonchev–Trinajstić information content (AvgIpc) is 2.92. The molecule has 0 saturated carbocycles. The van der Waals surface area contributed by atoms with E-state index in [1.807, 2.05) is 9.80 Å². The molecule has 0 aliphatic carbocycles. The first kappa shape index (κ1) is 20.4. The summed E-state index contributed by atoms with van der Waals surface area (Å²) in [6, 6.07) is 0.294. The molecule has 1 spiro atoms. The van der Waals surface area contributed by atoms with Crippen molar-refractivity contribution in [2.75, 3.05) is 59.9 Å². The van der Waals surface area contributed by atoms with Crippen molar-refractivity contribution in [1.29, 1.82) is 0 Å². The number of piperazine rings is 1. The third-order valence-corrected chi connectivity index (χ3v) is 6.44. The van der Waals surface area contributed by atoms with Crippen LogP contribution in [0.4, 0.5) is 4.79 Å². The molecule has 3 saturated heterocycles. The Labute approximate surface area is 163 Å². The number of carbonyl (C=O) groups is 2. The molecular formula is C20H36N4O3. The van der Waals surface area contributed by atoms with Crippen LogP contribution < -0.4 is 0 Å². The maximum Gasteiger partial charge on any atom is 0.410 e. The van der Waals surface area contributed by atoms with Crippen LogP contribution in [0.3, 0.4) is 0 Å². The SMILES string of the molecule is CC(C)CCN1CC2(CCN(C(=O)CC3CN(C)CCN3C)CC2)OC1=O. The van der Waals surface area contributed by atoms with Gasteiger partial charge in [0.15, 0.2) is 0 Å². The highest BCUT2D eigenvalue weighted by Gasteiger charge is 2.47. The number of rotatable bonds is 5. The first-order valence-electron chi connectivity index (χ1n) is 10.4. The lowest BCUT2D eigenvalue weighted by Gasteiger charge is -2.40. The standard InChI is InChI=1S/C20H36N4O3/c1-16(2)5-8-24-15-20(27-19(24)26)6-9-23(10-7-20)18(25)13-17-14-21(3)11-12-22(17)4/h16-17H,5-15H2,1-4H3. The predicted molar refractivity (Wildman–Crippen MR) is 105 cm³/mol. The van der Waals surface area contributed by atoms with E-state index in [0.717, 1.165) is 45.4 Å². The van der Waals surface area contributed by atoms with E-state index in [2.05, 4.69) is 37.7 Å². The van der Waals surface area contributed by atoms with Crippen LogP contribution in [0.2, 0.25) is 0 Å². The van der Waals surface area contributed by atoms with Crippen molar-refractivity contribution in [2.45, 2.75) is 51.2 Å². The van der Waals surface area contributed by atoms with Gasteiger partial charge >= 0.3 is 6.09 Å². The van der Waals surface area contributed by atoms with Crippen LogP contribution in [-0.4, -0.2) is 103 Å². The van der Waals surface area contributed by atoms with Gasteiger partial charge in [-0.15, -0.1) is 0 Å². The Kier molecular flexibility index (Phi) is 6.31. The highest BCUT2D eigenvalue weighted by molar-refractivity contribution is 5.77. The molecule has 1 unspecified atom stereocenters. The molecule has 0 bridgehead atoms. The largest absolute Gasteiger partial charge is 0.441 e. The molecule has 2 amide bonds. The van der Waals surface area contributed by atoms with Gasteiger partial charge in [-0.2, -0.15) is 0 Å². The summed E-state index contributed by atoms with van der Waals surface area (Å²) in [4.78, 5) is 33.4. The van der Waals surface area contributed by atoms with E-state index >= 15 is 0 Å². The molecular weight excluding hydrogens is 344 g/mol. The third kappa shape index (κ3) is 4.93. The number of hydrogen-bond acceptors (Lipinski definition) is 5. The van der Waals surface area contributed by atoms with E-state index < -0.39 is 0 Å². The van der Waals surface area contributed by atoms with Crippen molar-refractivity contribution in [3.8, 4) is 0 Å². The van der Waals surface area contributed by atoms with Crippen LogP contribution in [-0.2, 0) is 9.53 Å². The number of likely N-dealkylation sites (tertiary alicyclic amines) is 1. The molecule has 7 heteroatoms. The van der Waals surface area contributed by atoms with Crippen molar-refractivity contribution in [2.24, 2.45) is 5.92 Å². The smallest absolute Gasteiger partial charge is 0.410 e. The number of nitrogens with zero attached hydrogens (tertiary/aromatic N) is 4. The van der Waals surface area contributed by atoms with E-state index in [-0.39, 0.29) is 17.6 Å². The number of likely N-dealkylation sites (N-methyl/N-ethyl adjacent to an activating group) is 2. The molecule has 0 radical (unpaired) electrons. The molecule has 3 heterocycles. The number of piperidine rings is 1. The highest BCUT2D eigenvalue weighted by atomic mass is 16.6. The number of amides is 2. The van der Waals surface area contributed by atoms with Gasteiger partial charge in [-0.25, -0.2) is 4.79 Å². The van der Waals surface area contributed by atoms with E-state index in [1.54, 1.807) is 0 Å². The summed E-state index contributed by atoms with van der Waals surface area (Å²) in [5.74, 6) is 0.809. The van der Waals surface area contributed by atoms with E-state index in [1.165, 1.54) is 0 Å². The minimum Gasteiger partial charge on any atom is -0.441 e. The zero-order valence-corrected chi connectivity index (χ0v) is 17.4. The Morgan fingerprint density at radius 1 is 1.19 bits per heavy atom. The molecule has 0 aromatic heterocycles. The van der Waals surface area contributed by atoms with Crippen LogP contribution in [0.1, 0.15) is 39.5 Å². The fraction of sp³-hybridized carbons (Fsp3) is 0.900. The van der Waals surface area contributed by atoms with Crippen LogP contribution in [0.15, 0.2) is 0 Å². The highest BCUT2D eigenvalue weighted by Crippen LogP contribution is 2.33. The fourth-order valence-electron chi connectivity index (χ4n) is 4.36. The van der Waals surface area contributed by atoms with Crippen molar-refractivity contribution < 1.29 is 14.3 Å². The van der Waals surface area contributed by atoms with E-state index in [9.17, 15) is 9.59 Å². The number of ether oxygens (including phenoxy) is 1. The lowest BCUT2D eigenvalue weighted by atomic mass is 9.91. The third-order valence-electron chi connectivity index (χ3n) is 6.44. The lowest BCUT2D eigenvalue weighted by molar-refractivity contribution is -0.136. The van der Waals surface area contributed by atoms with Gasteiger partial charge in [0.25, 0.3) is 0 Å². The number of hydrogen-bond donors (Lipinski definition) is 0. The van der Waals surface area contributed by atoms with Gasteiger partial charge < -0.3 is 24.3 Å². The van der Waals surface area contributed by atoms with E-state index in [4.69, 9.17) is 4.74 Å². The van der Waals surface area contributed by atoms with Gasteiger partial charge in [0.2, 0.25) is 5.91 Å². The Morgan fingerprint density at radius 2 is 1.89 bits per heavy atom. The zero-order valence-electron chi connectivity index (χ0n) is 17.4. The summed E-state index contributed by atoms with van der Waals surface area (Å²) >= 11 is 0. The normalized spacial score (nSPS) is 26.9. The molecule has 3 aliphatic rings. The maximum atomic E-state index is 12.8. The second-order valence-corrected chi connectivity index (χ2v) is 9.14. The minimum atomic E-state index is -0.382. The summed E-state index contributed by atoms with van der Waals surface area (Å²) in [6.07, 6.45) is 2.90. The Morgan fingerprint density at radius 3 is 2.56 bits per heavy atom. The topological polar surface area (TPSA) is 56.3 Å². The van der Waals surface area contributed by atoms with Crippen LogP contribution in [0, 0.1) is 5.92 Å². The summed E-state index contributed by atoms with van der Waals surface area (Å²) in [7, 11) is 4.23. The molecule has 0 aromatic carbocycles. The Bertz CT molecular complexity index is 545. The molecule has 3 fully saturated rings. The Hall–Kier alpha value is -1.34.